The molecule has 2 aromatic rings. The maximum atomic E-state index is 10.2. The fourth-order valence-electron chi connectivity index (χ4n) is 7.77. The summed E-state index contributed by atoms with van der Waals surface area (Å²) >= 11 is 0. The van der Waals surface area contributed by atoms with E-state index in [1.807, 2.05) is 0 Å². The highest BCUT2D eigenvalue weighted by Crippen LogP contribution is 2.65. The van der Waals surface area contributed by atoms with E-state index in [-0.39, 0.29) is 11.5 Å². The molecule has 0 spiro atoms. The molecule has 1 aromatic heterocycles. The van der Waals surface area contributed by atoms with Gasteiger partial charge in [0.25, 0.3) is 0 Å². The Balaban J connectivity index is 1.36. The average molecular weight is 390 g/mol. The number of allylic oxidation sites excluding steroid dienone is 3. The number of aliphatic hydroxyl groups is 1. The smallest absolute Gasteiger partial charge is 0.247 e. The van der Waals surface area contributed by atoms with E-state index in [4.69, 9.17) is 0 Å². The van der Waals surface area contributed by atoms with Crippen LogP contribution in [-0.2, 0) is 0 Å². The first-order valence-electron chi connectivity index (χ1n) is 11.6. The van der Waals surface area contributed by atoms with Gasteiger partial charge in [0.1, 0.15) is 5.70 Å². The second-order valence-electron chi connectivity index (χ2n) is 10.6. The molecule has 0 radical (unpaired) electrons. The first-order chi connectivity index (χ1) is 14.0. The van der Waals surface area contributed by atoms with E-state index in [0.29, 0.717) is 5.41 Å². The third-order valence-electron chi connectivity index (χ3n) is 9.39. The van der Waals surface area contributed by atoms with Crippen LogP contribution in [0.5, 0.6) is 0 Å². The van der Waals surface area contributed by atoms with E-state index >= 15 is 0 Å². The fraction of sp³-hybridized carbons (Fsp3) is 0.577. The number of nitrogens with zero attached hydrogens (tertiary/aromatic N) is 1. The topological polar surface area (TPSA) is 39.9 Å². The third-order valence-corrected chi connectivity index (χ3v) is 9.39. The van der Waals surface area contributed by atoms with Crippen LogP contribution in [0.1, 0.15) is 58.8 Å². The molecule has 0 saturated heterocycles. The van der Waals surface area contributed by atoms with Crippen LogP contribution < -0.4 is 4.57 Å². The Kier molecular flexibility index (Phi) is 3.76. The van der Waals surface area contributed by atoms with Crippen molar-refractivity contribution in [2.24, 2.45) is 28.6 Å². The summed E-state index contributed by atoms with van der Waals surface area (Å²) < 4.78 is 2.43. The third kappa shape index (κ3) is 2.37. The molecule has 0 bridgehead atoms. The first kappa shape index (κ1) is 17.9. The number of aromatic nitrogens is 2. The number of aliphatic hydroxyl groups excluding tert-OH is 1. The lowest BCUT2D eigenvalue weighted by Gasteiger charge is -2.57. The van der Waals surface area contributed by atoms with E-state index in [1.165, 1.54) is 48.8 Å². The minimum absolute atomic E-state index is 0.113. The van der Waals surface area contributed by atoms with Gasteiger partial charge in [-0.05, 0) is 86.3 Å². The number of hydrogen-bond donors (Lipinski definition) is 2. The molecule has 2 fully saturated rings. The van der Waals surface area contributed by atoms with Crippen LogP contribution >= 0.6 is 0 Å². The zero-order valence-corrected chi connectivity index (χ0v) is 17.7. The van der Waals surface area contributed by atoms with Gasteiger partial charge in [0.2, 0.25) is 6.33 Å². The highest BCUT2D eigenvalue weighted by Gasteiger charge is 2.58. The predicted octanol–water partition coefficient (Wildman–Crippen LogP) is 5.23. The molecule has 3 nitrogen and oxygen atoms in total. The maximum absolute atomic E-state index is 10.2. The molecule has 6 atom stereocenters. The number of H-pyrrole nitrogens is 1. The molecule has 4 aliphatic carbocycles. The second kappa shape index (κ2) is 6.07. The maximum Gasteiger partial charge on any atom is 0.247 e. The minimum Gasteiger partial charge on any atom is -0.393 e. The molecule has 0 amide bonds. The molecule has 29 heavy (non-hydrogen) atoms. The van der Waals surface area contributed by atoms with Crippen LogP contribution in [0.3, 0.4) is 0 Å². The summed E-state index contributed by atoms with van der Waals surface area (Å²) in [5.74, 6) is 2.30. The SMILES string of the molecule is C[C@]12CC[C@H](O)CC1=CCC1C2CC[C@]2(C)C([n+]3c[nH]c4ccccc43)=CCC12. The van der Waals surface area contributed by atoms with Gasteiger partial charge in [-0.15, -0.1) is 0 Å². The average Bonchev–Trinajstić information content (AvgIpc) is 3.29. The number of rotatable bonds is 1. The number of imidazole rings is 1. The molecular weight excluding hydrogens is 356 g/mol. The van der Waals surface area contributed by atoms with Crippen molar-refractivity contribution >= 4 is 16.7 Å². The Labute approximate surface area is 173 Å². The quantitative estimate of drug-likeness (QED) is 0.509. The predicted molar refractivity (Wildman–Crippen MR) is 116 cm³/mol. The number of fused-ring (bicyclic) bond motifs is 6. The van der Waals surface area contributed by atoms with Crippen molar-refractivity contribution < 1.29 is 9.67 Å². The number of benzene rings is 1. The van der Waals surface area contributed by atoms with Gasteiger partial charge < -0.3 is 5.11 Å². The van der Waals surface area contributed by atoms with E-state index in [9.17, 15) is 5.11 Å². The van der Waals surface area contributed by atoms with Gasteiger partial charge in [0, 0.05) is 5.41 Å². The molecule has 1 aromatic carbocycles. The summed E-state index contributed by atoms with van der Waals surface area (Å²) in [6.07, 6.45) is 15.2. The lowest BCUT2D eigenvalue weighted by atomic mass is 9.48. The van der Waals surface area contributed by atoms with Gasteiger partial charge in [-0.2, -0.15) is 4.57 Å². The van der Waals surface area contributed by atoms with E-state index in [0.717, 1.165) is 30.6 Å². The molecule has 3 unspecified atom stereocenters. The van der Waals surface area contributed by atoms with Crippen molar-refractivity contribution in [3.8, 4) is 0 Å². The summed E-state index contributed by atoms with van der Waals surface area (Å²) in [6, 6.07) is 8.66. The number of nitrogens with one attached hydrogen (secondary N) is 1. The molecule has 2 saturated carbocycles. The summed E-state index contributed by atoms with van der Waals surface area (Å²) in [4.78, 5) is 3.47. The van der Waals surface area contributed by atoms with Crippen LogP contribution in [0.25, 0.3) is 16.7 Å². The van der Waals surface area contributed by atoms with Crippen molar-refractivity contribution in [3.05, 3.63) is 48.3 Å². The van der Waals surface area contributed by atoms with Crippen molar-refractivity contribution in [1.29, 1.82) is 0 Å². The lowest BCUT2D eigenvalue weighted by Crippen LogP contribution is -2.52. The highest BCUT2D eigenvalue weighted by molar-refractivity contribution is 5.72. The van der Waals surface area contributed by atoms with Gasteiger partial charge >= 0.3 is 0 Å². The molecule has 0 aliphatic heterocycles. The summed E-state index contributed by atoms with van der Waals surface area (Å²) in [5.41, 5.74) is 6.16. The second-order valence-corrected chi connectivity index (χ2v) is 10.6. The standard InChI is InChI=1S/C26H32N2O/c1-25-13-11-18(29)15-17(25)7-8-19-20-9-10-24(26(20,2)14-12-21(19)25)28-16-27-22-5-3-4-6-23(22)28/h3-7,10,16,18-21,29H,8-9,11-15H2,1-2H3/p+1/t18-,19?,20?,21?,25-,26-/m0/s1. The van der Waals surface area contributed by atoms with Gasteiger partial charge in [-0.25, -0.2) is 4.98 Å². The zero-order valence-electron chi connectivity index (χ0n) is 17.7. The summed E-state index contributed by atoms with van der Waals surface area (Å²) in [5, 5.41) is 10.2. The van der Waals surface area contributed by atoms with Crippen LogP contribution in [0.15, 0.2) is 48.3 Å². The molecule has 2 N–H and O–H groups in total. The molecule has 6 rings (SSSR count). The Hall–Kier alpha value is -1.87. The van der Waals surface area contributed by atoms with E-state index in [1.54, 1.807) is 5.57 Å². The van der Waals surface area contributed by atoms with Crippen molar-refractivity contribution in [1.82, 2.24) is 4.98 Å². The minimum atomic E-state index is -0.113. The highest BCUT2D eigenvalue weighted by atomic mass is 16.3. The van der Waals surface area contributed by atoms with Gasteiger partial charge in [0.15, 0.2) is 11.0 Å². The Morgan fingerprint density at radius 3 is 2.72 bits per heavy atom. The van der Waals surface area contributed by atoms with Gasteiger partial charge in [0.05, 0.1) is 6.10 Å². The van der Waals surface area contributed by atoms with Crippen molar-refractivity contribution in [2.75, 3.05) is 0 Å². The van der Waals surface area contributed by atoms with Crippen LogP contribution in [0, 0.1) is 28.6 Å². The Morgan fingerprint density at radius 1 is 1.00 bits per heavy atom. The van der Waals surface area contributed by atoms with Crippen LogP contribution in [0.4, 0.5) is 0 Å². The largest absolute Gasteiger partial charge is 0.393 e. The zero-order chi connectivity index (χ0) is 19.8. The number of aromatic amines is 1. The van der Waals surface area contributed by atoms with Crippen molar-refractivity contribution in [3.63, 3.8) is 0 Å². The van der Waals surface area contributed by atoms with Crippen LogP contribution in [-0.4, -0.2) is 16.2 Å². The van der Waals surface area contributed by atoms with E-state index < -0.39 is 0 Å². The van der Waals surface area contributed by atoms with Gasteiger partial charge in [-0.3, -0.25) is 0 Å². The molecule has 3 heteroatoms. The normalized spacial score (nSPS) is 41.3. The Morgan fingerprint density at radius 2 is 1.83 bits per heavy atom. The molecule has 4 aliphatic rings. The van der Waals surface area contributed by atoms with Crippen molar-refractivity contribution in [2.45, 2.75) is 64.9 Å². The fourth-order valence-corrected chi connectivity index (χ4v) is 7.77. The molecular formula is C26H33N2O+. The van der Waals surface area contributed by atoms with E-state index in [2.05, 4.69) is 66.1 Å². The monoisotopic (exact) mass is 389 g/mol. The summed E-state index contributed by atoms with van der Waals surface area (Å²) in [6.45, 7) is 5.05. The van der Waals surface area contributed by atoms with Crippen LogP contribution in [0.2, 0.25) is 0 Å². The first-order valence-corrected chi connectivity index (χ1v) is 11.6. The summed E-state index contributed by atoms with van der Waals surface area (Å²) in [7, 11) is 0. The Bertz CT molecular complexity index is 1030. The van der Waals surface area contributed by atoms with Gasteiger partial charge in [-0.1, -0.05) is 37.6 Å². The molecule has 1 heterocycles. The molecule has 152 valence electrons. The number of hydrogen-bond acceptors (Lipinski definition) is 1. The lowest BCUT2D eigenvalue weighted by molar-refractivity contribution is -0.561. The number of para-hydroxylation sites is 2.